The van der Waals surface area contributed by atoms with Gasteiger partial charge in [-0.3, -0.25) is 4.79 Å². The number of rotatable bonds is 3. The molecule has 23 heavy (non-hydrogen) atoms. The quantitative estimate of drug-likeness (QED) is 0.693. The fourth-order valence-electron chi connectivity index (χ4n) is 2.17. The third-order valence-electron chi connectivity index (χ3n) is 3.22. The van der Waals surface area contributed by atoms with Crippen LogP contribution in [-0.4, -0.2) is 5.91 Å². The highest BCUT2D eigenvalue weighted by Crippen LogP contribution is 2.30. The molecule has 116 valence electrons. The van der Waals surface area contributed by atoms with Gasteiger partial charge < -0.3 is 11.1 Å². The predicted molar refractivity (Wildman–Crippen MR) is 88.5 cm³/mol. The minimum atomic E-state index is -0.661. The summed E-state index contributed by atoms with van der Waals surface area (Å²) in [5, 5.41) is 4.25. The van der Waals surface area contributed by atoms with Gasteiger partial charge in [-0.1, -0.05) is 12.1 Å². The first kappa shape index (κ1) is 15.2. The van der Waals surface area contributed by atoms with E-state index in [1.165, 1.54) is 24.3 Å². The van der Waals surface area contributed by atoms with Gasteiger partial charge in [-0.2, -0.15) is 0 Å². The molecule has 0 aliphatic rings. The molecule has 0 fully saturated rings. The first-order chi connectivity index (χ1) is 11.0. The summed E-state index contributed by atoms with van der Waals surface area (Å²) in [6, 6.07) is 11.9. The van der Waals surface area contributed by atoms with Crippen molar-refractivity contribution in [3.8, 4) is 11.1 Å². The van der Waals surface area contributed by atoms with Gasteiger partial charge in [0.2, 0.25) is 0 Å². The second-order valence-electron chi connectivity index (χ2n) is 4.88. The van der Waals surface area contributed by atoms with Crippen LogP contribution in [0.25, 0.3) is 11.1 Å². The Bertz CT molecular complexity index is 856. The minimum Gasteiger partial charge on any atom is -0.399 e. The standard InChI is InChI=1S/C17H12F2N2OS/c18-13-5-2-6-14(19)16(13)10-7-15(23-9-10)17(22)21-12-4-1-3-11(20)8-12/h1-9H,20H2,(H,21,22). The Morgan fingerprint density at radius 1 is 1.04 bits per heavy atom. The number of hydrogen-bond donors (Lipinski definition) is 2. The second kappa shape index (κ2) is 6.18. The Labute approximate surface area is 135 Å². The van der Waals surface area contributed by atoms with E-state index < -0.39 is 11.6 Å². The molecule has 0 atom stereocenters. The molecule has 1 amide bonds. The highest BCUT2D eigenvalue weighted by atomic mass is 32.1. The predicted octanol–water partition coefficient (Wildman–Crippen LogP) is 4.53. The molecule has 3 N–H and O–H groups in total. The molecule has 1 aromatic heterocycles. The zero-order valence-corrected chi connectivity index (χ0v) is 12.7. The molecule has 0 spiro atoms. The number of nitrogens with one attached hydrogen (secondary N) is 1. The molecule has 0 bridgehead atoms. The molecule has 6 heteroatoms. The Balaban J connectivity index is 1.86. The fraction of sp³-hybridized carbons (Fsp3) is 0. The summed E-state index contributed by atoms with van der Waals surface area (Å²) in [7, 11) is 0. The number of halogens is 2. The van der Waals surface area contributed by atoms with Crippen LogP contribution in [0.3, 0.4) is 0 Å². The minimum absolute atomic E-state index is 0.133. The van der Waals surface area contributed by atoms with E-state index in [-0.39, 0.29) is 11.5 Å². The van der Waals surface area contributed by atoms with Crippen LogP contribution >= 0.6 is 11.3 Å². The number of nitrogens with two attached hydrogens (primary N) is 1. The van der Waals surface area contributed by atoms with Gasteiger partial charge in [0, 0.05) is 11.4 Å². The number of benzene rings is 2. The normalized spacial score (nSPS) is 10.5. The number of anilines is 2. The lowest BCUT2D eigenvalue weighted by Crippen LogP contribution is -2.10. The summed E-state index contributed by atoms with van der Waals surface area (Å²) < 4.78 is 27.6. The molecule has 3 aromatic rings. The van der Waals surface area contributed by atoms with Gasteiger partial charge >= 0.3 is 0 Å². The molecule has 0 saturated heterocycles. The molecule has 0 aliphatic carbocycles. The van der Waals surface area contributed by atoms with Gasteiger partial charge in [0.25, 0.3) is 5.91 Å². The number of hydrogen-bond acceptors (Lipinski definition) is 3. The number of thiophene rings is 1. The van der Waals surface area contributed by atoms with Crippen LogP contribution < -0.4 is 11.1 Å². The van der Waals surface area contributed by atoms with Crippen molar-refractivity contribution in [1.29, 1.82) is 0 Å². The highest BCUT2D eigenvalue weighted by molar-refractivity contribution is 7.12. The average Bonchev–Trinajstić information content (AvgIpc) is 2.97. The number of amides is 1. The van der Waals surface area contributed by atoms with Gasteiger partial charge in [-0.15, -0.1) is 11.3 Å². The molecule has 0 unspecified atom stereocenters. The Morgan fingerprint density at radius 2 is 1.74 bits per heavy atom. The van der Waals surface area contributed by atoms with E-state index in [9.17, 15) is 13.6 Å². The first-order valence-corrected chi connectivity index (χ1v) is 7.62. The topological polar surface area (TPSA) is 55.1 Å². The van der Waals surface area contributed by atoms with Crippen LogP contribution in [0.1, 0.15) is 9.67 Å². The lowest BCUT2D eigenvalue weighted by molar-refractivity contribution is 0.103. The lowest BCUT2D eigenvalue weighted by atomic mass is 10.1. The van der Waals surface area contributed by atoms with Crippen molar-refractivity contribution in [2.24, 2.45) is 0 Å². The molecule has 0 saturated carbocycles. The number of carbonyl (C=O) groups is 1. The van der Waals surface area contributed by atoms with Gasteiger partial charge in [0.15, 0.2) is 0 Å². The Kier molecular flexibility index (Phi) is 4.08. The van der Waals surface area contributed by atoms with E-state index in [1.54, 1.807) is 29.6 Å². The van der Waals surface area contributed by atoms with Crippen molar-refractivity contribution in [2.45, 2.75) is 0 Å². The molecule has 1 heterocycles. The van der Waals surface area contributed by atoms with E-state index >= 15 is 0 Å². The van der Waals surface area contributed by atoms with Crippen molar-refractivity contribution in [1.82, 2.24) is 0 Å². The summed E-state index contributed by atoms with van der Waals surface area (Å²) in [5.74, 6) is -1.68. The number of carbonyl (C=O) groups excluding carboxylic acids is 1. The van der Waals surface area contributed by atoms with Crippen molar-refractivity contribution in [3.05, 3.63) is 70.4 Å². The van der Waals surface area contributed by atoms with E-state index in [0.717, 1.165) is 11.3 Å². The molecule has 0 aliphatic heterocycles. The van der Waals surface area contributed by atoms with E-state index in [0.29, 0.717) is 21.8 Å². The fourth-order valence-corrected chi connectivity index (χ4v) is 2.96. The molecular formula is C17H12F2N2OS. The van der Waals surface area contributed by atoms with E-state index in [4.69, 9.17) is 5.73 Å². The van der Waals surface area contributed by atoms with Crippen LogP contribution in [0.4, 0.5) is 20.2 Å². The van der Waals surface area contributed by atoms with Crippen molar-refractivity contribution in [2.75, 3.05) is 11.1 Å². The second-order valence-corrected chi connectivity index (χ2v) is 5.79. The monoisotopic (exact) mass is 330 g/mol. The van der Waals surface area contributed by atoms with Crippen LogP contribution in [0, 0.1) is 11.6 Å². The summed E-state index contributed by atoms with van der Waals surface area (Å²) in [4.78, 5) is 12.6. The van der Waals surface area contributed by atoms with E-state index in [1.807, 2.05) is 0 Å². The summed E-state index contributed by atoms with van der Waals surface area (Å²) in [6.45, 7) is 0. The molecule has 3 nitrogen and oxygen atoms in total. The molecule has 3 rings (SSSR count). The lowest BCUT2D eigenvalue weighted by Gasteiger charge is -2.04. The maximum absolute atomic E-state index is 13.8. The van der Waals surface area contributed by atoms with Crippen molar-refractivity contribution < 1.29 is 13.6 Å². The Hall–Kier alpha value is -2.73. The first-order valence-electron chi connectivity index (χ1n) is 6.74. The maximum Gasteiger partial charge on any atom is 0.265 e. The number of nitrogen functional groups attached to an aromatic ring is 1. The maximum atomic E-state index is 13.8. The van der Waals surface area contributed by atoms with Crippen molar-refractivity contribution >= 4 is 28.6 Å². The van der Waals surface area contributed by atoms with E-state index in [2.05, 4.69) is 5.32 Å². The summed E-state index contributed by atoms with van der Waals surface area (Å²) >= 11 is 1.12. The van der Waals surface area contributed by atoms with Gasteiger partial charge in [-0.05, 0) is 47.3 Å². The molecule has 0 radical (unpaired) electrons. The van der Waals surface area contributed by atoms with Crippen LogP contribution in [-0.2, 0) is 0 Å². The Morgan fingerprint density at radius 3 is 2.43 bits per heavy atom. The van der Waals surface area contributed by atoms with Gasteiger partial charge in [0.1, 0.15) is 11.6 Å². The molecular weight excluding hydrogens is 318 g/mol. The van der Waals surface area contributed by atoms with Gasteiger partial charge in [0.05, 0.1) is 10.4 Å². The van der Waals surface area contributed by atoms with Crippen LogP contribution in [0.15, 0.2) is 53.9 Å². The third kappa shape index (κ3) is 3.22. The van der Waals surface area contributed by atoms with Crippen LogP contribution in [0.2, 0.25) is 0 Å². The smallest absolute Gasteiger partial charge is 0.265 e. The summed E-state index contributed by atoms with van der Waals surface area (Å²) in [6.07, 6.45) is 0. The molecule has 2 aromatic carbocycles. The zero-order chi connectivity index (χ0) is 16.4. The third-order valence-corrected chi connectivity index (χ3v) is 4.15. The largest absolute Gasteiger partial charge is 0.399 e. The highest BCUT2D eigenvalue weighted by Gasteiger charge is 2.15. The van der Waals surface area contributed by atoms with Gasteiger partial charge in [-0.25, -0.2) is 8.78 Å². The van der Waals surface area contributed by atoms with Crippen LogP contribution in [0.5, 0.6) is 0 Å². The average molecular weight is 330 g/mol. The van der Waals surface area contributed by atoms with Crippen molar-refractivity contribution in [3.63, 3.8) is 0 Å². The SMILES string of the molecule is Nc1cccc(NC(=O)c2cc(-c3c(F)cccc3F)cs2)c1. The zero-order valence-electron chi connectivity index (χ0n) is 11.8. The summed E-state index contributed by atoms with van der Waals surface area (Å²) in [5.41, 5.74) is 6.95.